The zero-order valence-electron chi connectivity index (χ0n) is 10.8. The van der Waals surface area contributed by atoms with E-state index >= 15 is 0 Å². The van der Waals surface area contributed by atoms with Crippen LogP contribution in [0, 0.1) is 0 Å². The molecule has 0 radical (unpaired) electrons. The van der Waals surface area contributed by atoms with Crippen LogP contribution >= 0.6 is 15.9 Å². The van der Waals surface area contributed by atoms with Crippen molar-refractivity contribution in [2.75, 3.05) is 0 Å². The van der Waals surface area contributed by atoms with Gasteiger partial charge in [0.15, 0.2) is 0 Å². The molecule has 3 heteroatoms. The number of ether oxygens (including phenoxy) is 1. The van der Waals surface area contributed by atoms with Gasteiger partial charge in [-0.25, -0.2) is 0 Å². The molecule has 1 atom stereocenters. The summed E-state index contributed by atoms with van der Waals surface area (Å²) in [5.41, 5.74) is 2.20. The second kappa shape index (κ2) is 6.73. The normalized spacial score (nSPS) is 12.2. The lowest BCUT2D eigenvalue weighted by molar-refractivity contribution is 0.195. The van der Waals surface area contributed by atoms with Crippen LogP contribution in [0.5, 0.6) is 5.75 Å². The summed E-state index contributed by atoms with van der Waals surface area (Å²) in [7, 11) is 0. The van der Waals surface area contributed by atoms with Crippen molar-refractivity contribution < 1.29 is 9.84 Å². The van der Waals surface area contributed by atoms with E-state index in [1.165, 1.54) is 0 Å². The number of hydrogen-bond acceptors (Lipinski definition) is 2. The third kappa shape index (κ3) is 4.37. The predicted molar refractivity (Wildman–Crippen MR) is 80.3 cm³/mol. The Morgan fingerprint density at radius 2 is 1.89 bits per heavy atom. The maximum atomic E-state index is 9.47. The molecule has 1 N–H and O–H groups in total. The van der Waals surface area contributed by atoms with Crippen molar-refractivity contribution in [1.82, 2.24) is 0 Å². The second-order valence-electron chi connectivity index (χ2n) is 4.58. The van der Waals surface area contributed by atoms with Gasteiger partial charge < -0.3 is 9.84 Å². The number of aliphatic hydroxyl groups excluding tert-OH is 1. The quantitative estimate of drug-likeness (QED) is 0.903. The van der Waals surface area contributed by atoms with Gasteiger partial charge in [0, 0.05) is 4.47 Å². The van der Waals surface area contributed by atoms with Crippen molar-refractivity contribution in [3.05, 3.63) is 64.1 Å². The Balaban J connectivity index is 2.04. The largest absolute Gasteiger partial charge is 0.489 e. The zero-order chi connectivity index (χ0) is 13.7. The molecule has 0 saturated heterocycles. The lowest BCUT2D eigenvalue weighted by atomic mass is 10.1. The number of halogens is 1. The van der Waals surface area contributed by atoms with Gasteiger partial charge in [-0.2, -0.15) is 0 Å². The molecule has 2 aromatic carbocycles. The molecule has 0 spiro atoms. The van der Waals surface area contributed by atoms with Crippen LogP contribution in [0.15, 0.2) is 53.0 Å². The fourth-order valence-corrected chi connectivity index (χ4v) is 2.26. The van der Waals surface area contributed by atoms with Gasteiger partial charge in [-0.15, -0.1) is 0 Å². The highest BCUT2D eigenvalue weighted by Gasteiger charge is 2.06. The van der Waals surface area contributed by atoms with E-state index in [9.17, 15) is 5.11 Å². The summed E-state index contributed by atoms with van der Waals surface area (Å²) in [5, 5.41) is 9.47. The first-order valence-electron chi connectivity index (χ1n) is 6.28. The van der Waals surface area contributed by atoms with Crippen LogP contribution in [0.4, 0.5) is 0 Å². The van der Waals surface area contributed by atoms with Crippen LogP contribution in [-0.2, 0) is 13.0 Å². The Labute approximate surface area is 122 Å². The van der Waals surface area contributed by atoms with E-state index in [1.807, 2.05) is 48.5 Å². The Kier molecular flexibility index (Phi) is 5.00. The minimum Gasteiger partial charge on any atom is -0.489 e. The Morgan fingerprint density at radius 3 is 2.58 bits per heavy atom. The topological polar surface area (TPSA) is 29.5 Å². The molecule has 0 aliphatic heterocycles. The molecule has 0 fully saturated rings. The zero-order valence-corrected chi connectivity index (χ0v) is 12.4. The number of benzene rings is 2. The van der Waals surface area contributed by atoms with Crippen molar-refractivity contribution >= 4 is 15.9 Å². The molecule has 2 rings (SSSR count). The monoisotopic (exact) mass is 320 g/mol. The van der Waals surface area contributed by atoms with Crippen molar-refractivity contribution in [3.63, 3.8) is 0 Å². The van der Waals surface area contributed by atoms with Crippen LogP contribution in [0.25, 0.3) is 0 Å². The molecule has 100 valence electrons. The Morgan fingerprint density at radius 1 is 1.16 bits per heavy atom. The fraction of sp³-hybridized carbons (Fsp3) is 0.250. The van der Waals surface area contributed by atoms with E-state index in [4.69, 9.17) is 4.74 Å². The highest BCUT2D eigenvalue weighted by Crippen LogP contribution is 2.24. The van der Waals surface area contributed by atoms with Gasteiger partial charge in [0.2, 0.25) is 0 Å². The summed E-state index contributed by atoms with van der Waals surface area (Å²) in [6.45, 7) is 2.33. The van der Waals surface area contributed by atoms with Gasteiger partial charge in [-0.3, -0.25) is 0 Å². The highest BCUT2D eigenvalue weighted by molar-refractivity contribution is 9.10. The standard InChI is InChI=1S/C16H17BrO2/c1-12(18)9-14-10-15(7-8-16(14)17)19-11-13-5-3-2-4-6-13/h2-8,10,12,18H,9,11H2,1H3/t12-/m0/s1. The summed E-state index contributed by atoms with van der Waals surface area (Å²) < 4.78 is 6.77. The molecule has 0 aliphatic rings. The lowest BCUT2D eigenvalue weighted by Gasteiger charge is -2.11. The molecule has 0 bridgehead atoms. The number of rotatable bonds is 5. The molecule has 2 nitrogen and oxygen atoms in total. The third-order valence-electron chi connectivity index (χ3n) is 2.78. The molecular formula is C16H17BrO2. The van der Waals surface area contributed by atoms with E-state index in [1.54, 1.807) is 6.92 Å². The SMILES string of the molecule is C[C@H](O)Cc1cc(OCc2ccccc2)ccc1Br. The molecule has 0 amide bonds. The molecule has 0 aliphatic carbocycles. The summed E-state index contributed by atoms with van der Waals surface area (Å²) in [5.74, 6) is 0.822. The van der Waals surface area contributed by atoms with Gasteiger partial charge in [-0.05, 0) is 42.7 Å². The summed E-state index contributed by atoms with van der Waals surface area (Å²) in [4.78, 5) is 0. The van der Waals surface area contributed by atoms with Crippen LogP contribution in [0.3, 0.4) is 0 Å². The van der Waals surface area contributed by atoms with Gasteiger partial charge in [0.25, 0.3) is 0 Å². The molecular weight excluding hydrogens is 304 g/mol. The van der Waals surface area contributed by atoms with Crippen LogP contribution < -0.4 is 4.74 Å². The first kappa shape index (κ1) is 14.1. The smallest absolute Gasteiger partial charge is 0.120 e. The summed E-state index contributed by atoms with van der Waals surface area (Å²) >= 11 is 3.49. The molecule has 0 saturated carbocycles. The van der Waals surface area contributed by atoms with E-state index < -0.39 is 0 Å². The van der Waals surface area contributed by atoms with Crippen LogP contribution in [-0.4, -0.2) is 11.2 Å². The lowest BCUT2D eigenvalue weighted by Crippen LogP contribution is -2.05. The number of aliphatic hydroxyl groups is 1. The maximum absolute atomic E-state index is 9.47. The minimum atomic E-state index is -0.360. The van der Waals surface area contributed by atoms with Crippen molar-refractivity contribution in [2.45, 2.75) is 26.1 Å². The predicted octanol–water partition coefficient (Wildman–Crippen LogP) is 3.95. The van der Waals surface area contributed by atoms with Crippen LogP contribution in [0.2, 0.25) is 0 Å². The molecule has 2 aromatic rings. The van der Waals surface area contributed by atoms with Crippen molar-refractivity contribution in [3.8, 4) is 5.75 Å². The Bertz CT molecular complexity index is 524. The summed E-state index contributed by atoms with van der Waals surface area (Å²) in [6, 6.07) is 15.9. The van der Waals surface area contributed by atoms with Gasteiger partial charge in [0.1, 0.15) is 12.4 Å². The molecule has 0 unspecified atom stereocenters. The van der Waals surface area contributed by atoms with Gasteiger partial charge in [0.05, 0.1) is 6.10 Å². The first-order chi connectivity index (χ1) is 9.15. The van der Waals surface area contributed by atoms with Crippen LogP contribution in [0.1, 0.15) is 18.1 Å². The minimum absolute atomic E-state index is 0.360. The average Bonchev–Trinajstić information content (AvgIpc) is 2.40. The summed E-state index contributed by atoms with van der Waals surface area (Å²) in [6.07, 6.45) is 0.254. The highest BCUT2D eigenvalue weighted by atomic mass is 79.9. The molecule has 0 heterocycles. The molecule has 19 heavy (non-hydrogen) atoms. The molecule has 0 aromatic heterocycles. The Hall–Kier alpha value is -1.32. The number of hydrogen-bond donors (Lipinski definition) is 1. The average molecular weight is 321 g/mol. The van der Waals surface area contributed by atoms with E-state index in [0.717, 1.165) is 21.3 Å². The first-order valence-corrected chi connectivity index (χ1v) is 7.07. The van der Waals surface area contributed by atoms with E-state index in [0.29, 0.717) is 13.0 Å². The van der Waals surface area contributed by atoms with Gasteiger partial charge in [-0.1, -0.05) is 46.3 Å². The van der Waals surface area contributed by atoms with Crippen molar-refractivity contribution in [1.29, 1.82) is 0 Å². The van der Waals surface area contributed by atoms with Gasteiger partial charge >= 0.3 is 0 Å². The van der Waals surface area contributed by atoms with E-state index in [2.05, 4.69) is 15.9 Å². The second-order valence-corrected chi connectivity index (χ2v) is 5.43. The fourth-order valence-electron chi connectivity index (χ4n) is 1.86. The van der Waals surface area contributed by atoms with E-state index in [-0.39, 0.29) is 6.10 Å². The maximum Gasteiger partial charge on any atom is 0.120 e. The third-order valence-corrected chi connectivity index (χ3v) is 3.55. The van der Waals surface area contributed by atoms with Crippen molar-refractivity contribution in [2.24, 2.45) is 0 Å².